The van der Waals surface area contributed by atoms with Crippen molar-refractivity contribution in [1.29, 1.82) is 0 Å². The number of nitrogens with one attached hydrogen (secondary N) is 1. The highest BCUT2D eigenvalue weighted by Gasteiger charge is 2.02. The van der Waals surface area contributed by atoms with Crippen molar-refractivity contribution in [1.82, 2.24) is 19.7 Å². The predicted molar refractivity (Wildman–Crippen MR) is 80.1 cm³/mol. The van der Waals surface area contributed by atoms with E-state index in [1.54, 1.807) is 6.20 Å². The van der Waals surface area contributed by atoms with Crippen molar-refractivity contribution >= 4 is 11.5 Å². The first kappa shape index (κ1) is 13.9. The number of rotatable bonds is 4. The number of imidazole rings is 1. The molecule has 0 amide bonds. The molecule has 0 fully saturated rings. The van der Waals surface area contributed by atoms with E-state index in [9.17, 15) is 0 Å². The van der Waals surface area contributed by atoms with Gasteiger partial charge in [0.1, 0.15) is 5.82 Å². The highest BCUT2D eigenvalue weighted by molar-refractivity contribution is 5.93. The SMILES string of the molecule is CC(C)=C/C(C)=N/Nc1ccc(-n2ccnc2C)nn1. The van der Waals surface area contributed by atoms with Crippen molar-refractivity contribution < 1.29 is 0 Å². The number of hydrogen-bond acceptors (Lipinski definition) is 5. The Morgan fingerprint density at radius 2 is 2.05 bits per heavy atom. The molecule has 0 atom stereocenters. The summed E-state index contributed by atoms with van der Waals surface area (Å²) in [5.74, 6) is 2.21. The summed E-state index contributed by atoms with van der Waals surface area (Å²) < 4.78 is 1.87. The monoisotopic (exact) mass is 270 g/mol. The van der Waals surface area contributed by atoms with Gasteiger partial charge in [-0.05, 0) is 45.9 Å². The number of aromatic nitrogens is 4. The van der Waals surface area contributed by atoms with Gasteiger partial charge >= 0.3 is 0 Å². The Bertz CT molecular complexity index is 632. The van der Waals surface area contributed by atoms with Crippen LogP contribution in [0.4, 0.5) is 5.82 Å². The molecule has 6 heteroatoms. The van der Waals surface area contributed by atoms with Crippen molar-refractivity contribution in [3.05, 3.63) is 42.0 Å². The van der Waals surface area contributed by atoms with Crippen LogP contribution in [0.15, 0.2) is 41.3 Å². The Hall–Kier alpha value is -2.50. The van der Waals surface area contributed by atoms with E-state index in [1.807, 2.05) is 56.7 Å². The van der Waals surface area contributed by atoms with E-state index in [0.717, 1.165) is 17.4 Å². The lowest BCUT2D eigenvalue weighted by Gasteiger charge is -2.04. The third-order valence-corrected chi connectivity index (χ3v) is 2.57. The van der Waals surface area contributed by atoms with Crippen molar-refractivity contribution in [2.24, 2.45) is 5.10 Å². The van der Waals surface area contributed by atoms with Crippen LogP contribution in [0.1, 0.15) is 26.6 Å². The highest BCUT2D eigenvalue weighted by Crippen LogP contribution is 2.08. The van der Waals surface area contributed by atoms with E-state index in [4.69, 9.17) is 0 Å². The largest absolute Gasteiger partial charge is 0.287 e. The average molecular weight is 270 g/mol. The van der Waals surface area contributed by atoms with Crippen LogP contribution in [0.5, 0.6) is 0 Å². The molecule has 2 aromatic heterocycles. The smallest absolute Gasteiger partial charge is 0.168 e. The lowest BCUT2D eigenvalue weighted by molar-refractivity contribution is 0.880. The van der Waals surface area contributed by atoms with Crippen LogP contribution in [0.3, 0.4) is 0 Å². The summed E-state index contributed by atoms with van der Waals surface area (Å²) in [6, 6.07) is 3.71. The van der Waals surface area contributed by atoms with Gasteiger partial charge in [0.25, 0.3) is 0 Å². The second-order valence-electron chi connectivity index (χ2n) is 4.71. The maximum absolute atomic E-state index is 4.21. The van der Waals surface area contributed by atoms with E-state index in [1.165, 1.54) is 5.57 Å². The summed E-state index contributed by atoms with van der Waals surface area (Å²) in [6.45, 7) is 7.90. The molecule has 104 valence electrons. The minimum Gasteiger partial charge on any atom is -0.287 e. The fraction of sp³-hybridized carbons (Fsp3) is 0.286. The zero-order chi connectivity index (χ0) is 14.5. The summed E-state index contributed by atoms with van der Waals surface area (Å²) >= 11 is 0. The predicted octanol–water partition coefficient (Wildman–Crippen LogP) is 2.72. The Balaban J connectivity index is 2.10. The van der Waals surface area contributed by atoms with Gasteiger partial charge in [-0.25, -0.2) is 4.98 Å². The van der Waals surface area contributed by atoms with Gasteiger partial charge in [0.2, 0.25) is 0 Å². The van der Waals surface area contributed by atoms with E-state index in [2.05, 4.69) is 25.7 Å². The van der Waals surface area contributed by atoms with Crippen molar-refractivity contribution in [3.8, 4) is 5.82 Å². The highest BCUT2D eigenvalue weighted by atomic mass is 15.4. The van der Waals surface area contributed by atoms with Crippen LogP contribution in [0.25, 0.3) is 5.82 Å². The van der Waals surface area contributed by atoms with Crippen LogP contribution in [-0.4, -0.2) is 25.5 Å². The van der Waals surface area contributed by atoms with Crippen molar-refractivity contribution in [2.75, 3.05) is 5.43 Å². The standard InChI is InChI=1S/C14H18N6/c1-10(2)9-11(3)16-17-13-5-6-14(19-18-13)20-8-7-15-12(20)4/h5-9H,1-4H3,(H,17,18)/b16-11+. The summed E-state index contributed by atoms with van der Waals surface area (Å²) in [5, 5.41) is 12.4. The molecule has 0 aliphatic heterocycles. The second-order valence-corrected chi connectivity index (χ2v) is 4.71. The molecule has 0 spiro atoms. The first-order valence-corrected chi connectivity index (χ1v) is 6.35. The fourth-order valence-corrected chi connectivity index (χ4v) is 1.73. The molecule has 0 bridgehead atoms. The average Bonchev–Trinajstić information content (AvgIpc) is 2.82. The lowest BCUT2D eigenvalue weighted by atomic mass is 10.3. The summed E-state index contributed by atoms with van der Waals surface area (Å²) in [7, 11) is 0. The normalized spacial score (nSPS) is 11.3. The minimum atomic E-state index is 0.605. The molecule has 0 unspecified atom stereocenters. The molecule has 0 aromatic carbocycles. The summed E-state index contributed by atoms with van der Waals surface area (Å²) in [4.78, 5) is 4.15. The Morgan fingerprint density at radius 1 is 1.25 bits per heavy atom. The van der Waals surface area contributed by atoms with E-state index >= 15 is 0 Å². The quantitative estimate of drug-likeness (QED) is 0.685. The molecule has 0 aliphatic rings. The zero-order valence-corrected chi connectivity index (χ0v) is 12.1. The van der Waals surface area contributed by atoms with E-state index in [0.29, 0.717) is 5.82 Å². The maximum Gasteiger partial charge on any atom is 0.168 e. The summed E-state index contributed by atoms with van der Waals surface area (Å²) in [5.41, 5.74) is 4.97. The van der Waals surface area contributed by atoms with Gasteiger partial charge in [-0.15, -0.1) is 10.2 Å². The van der Waals surface area contributed by atoms with Gasteiger partial charge in [-0.1, -0.05) is 5.57 Å². The number of aryl methyl sites for hydroxylation is 1. The molecule has 0 saturated carbocycles. The number of allylic oxidation sites excluding steroid dienone is 2. The van der Waals surface area contributed by atoms with E-state index in [-0.39, 0.29) is 0 Å². The number of nitrogens with zero attached hydrogens (tertiary/aromatic N) is 5. The molecule has 1 N–H and O–H groups in total. The Kier molecular flexibility index (Phi) is 4.24. The molecular formula is C14H18N6. The molecular weight excluding hydrogens is 252 g/mol. The third-order valence-electron chi connectivity index (χ3n) is 2.57. The van der Waals surface area contributed by atoms with Crippen LogP contribution >= 0.6 is 0 Å². The van der Waals surface area contributed by atoms with Gasteiger partial charge < -0.3 is 0 Å². The Morgan fingerprint density at radius 3 is 2.60 bits per heavy atom. The molecule has 6 nitrogen and oxygen atoms in total. The third kappa shape index (κ3) is 3.50. The molecule has 0 radical (unpaired) electrons. The lowest BCUT2D eigenvalue weighted by Crippen LogP contribution is -2.03. The van der Waals surface area contributed by atoms with E-state index < -0.39 is 0 Å². The number of anilines is 1. The molecule has 0 saturated heterocycles. The molecule has 0 aliphatic carbocycles. The molecule has 20 heavy (non-hydrogen) atoms. The van der Waals surface area contributed by atoms with Crippen LogP contribution < -0.4 is 5.43 Å². The minimum absolute atomic E-state index is 0.605. The van der Waals surface area contributed by atoms with Gasteiger partial charge in [-0.3, -0.25) is 9.99 Å². The molecule has 2 heterocycles. The van der Waals surface area contributed by atoms with Crippen molar-refractivity contribution in [3.63, 3.8) is 0 Å². The number of hydrogen-bond donors (Lipinski definition) is 1. The van der Waals surface area contributed by atoms with Crippen LogP contribution in [0, 0.1) is 6.92 Å². The van der Waals surface area contributed by atoms with Crippen molar-refractivity contribution in [2.45, 2.75) is 27.7 Å². The first-order valence-electron chi connectivity index (χ1n) is 6.35. The van der Waals surface area contributed by atoms with Gasteiger partial charge in [0, 0.05) is 12.4 Å². The Labute approximate surface area is 118 Å². The maximum atomic E-state index is 4.21. The second kappa shape index (κ2) is 6.10. The molecule has 2 rings (SSSR count). The van der Waals surface area contributed by atoms with Crippen LogP contribution in [0.2, 0.25) is 0 Å². The molecule has 2 aromatic rings. The van der Waals surface area contributed by atoms with Gasteiger partial charge in [0.15, 0.2) is 11.6 Å². The fourth-order valence-electron chi connectivity index (χ4n) is 1.73. The number of hydrazone groups is 1. The van der Waals surface area contributed by atoms with Gasteiger partial charge in [0.05, 0.1) is 5.71 Å². The van der Waals surface area contributed by atoms with Crippen LogP contribution in [-0.2, 0) is 0 Å². The summed E-state index contributed by atoms with van der Waals surface area (Å²) in [6.07, 6.45) is 5.57. The zero-order valence-electron chi connectivity index (χ0n) is 12.1. The first-order chi connectivity index (χ1) is 9.56. The topological polar surface area (TPSA) is 68.0 Å². The van der Waals surface area contributed by atoms with Gasteiger partial charge in [-0.2, -0.15) is 5.10 Å².